The van der Waals surface area contributed by atoms with Crippen LogP contribution in [0, 0.1) is 12.8 Å². The number of nitrogens with zero attached hydrogens (tertiary/aromatic N) is 2. The average Bonchev–Trinajstić information content (AvgIpc) is 2.83. The Labute approximate surface area is 125 Å². The van der Waals surface area contributed by atoms with E-state index in [2.05, 4.69) is 10.3 Å². The largest absolute Gasteiger partial charge is 0.393 e. The predicted molar refractivity (Wildman–Crippen MR) is 74.3 cm³/mol. The van der Waals surface area contributed by atoms with E-state index in [0.717, 1.165) is 10.7 Å². The molecule has 2 rings (SSSR count). The summed E-state index contributed by atoms with van der Waals surface area (Å²) in [4.78, 5) is 17.4. The minimum atomic E-state index is -4.23. The van der Waals surface area contributed by atoms with Gasteiger partial charge >= 0.3 is 12.2 Å². The Balaban J connectivity index is 1.77. The molecule has 0 aliphatic carbocycles. The van der Waals surface area contributed by atoms with Crippen molar-refractivity contribution in [2.24, 2.45) is 5.92 Å². The molecule has 0 spiro atoms. The van der Waals surface area contributed by atoms with Crippen molar-refractivity contribution in [1.82, 2.24) is 15.2 Å². The van der Waals surface area contributed by atoms with E-state index >= 15 is 0 Å². The molecule has 8 heteroatoms. The Hall–Kier alpha value is -1.31. The molecule has 1 saturated heterocycles. The number of alkyl halides is 3. The summed E-state index contributed by atoms with van der Waals surface area (Å²) >= 11 is 1.54. The second-order valence-electron chi connectivity index (χ2n) is 5.17. The van der Waals surface area contributed by atoms with Crippen molar-refractivity contribution in [3.05, 3.63) is 16.1 Å². The number of nitrogens with one attached hydrogen (secondary N) is 1. The van der Waals surface area contributed by atoms with Gasteiger partial charge in [0.1, 0.15) is 0 Å². The third kappa shape index (κ3) is 4.59. The zero-order chi connectivity index (χ0) is 15.5. The van der Waals surface area contributed by atoms with Crippen LogP contribution in [-0.2, 0) is 6.42 Å². The van der Waals surface area contributed by atoms with E-state index < -0.39 is 18.1 Å². The number of thiazole rings is 1. The molecule has 21 heavy (non-hydrogen) atoms. The average molecular weight is 321 g/mol. The molecule has 2 heterocycles. The fourth-order valence-corrected chi connectivity index (χ4v) is 3.01. The number of aromatic nitrogens is 1. The molecule has 1 aromatic heterocycles. The van der Waals surface area contributed by atoms with Gasteiger partial charge in [0.05, 0.1) is 16.6 Å². The van der Waals surface area contributed by atoms with Crippen LogP contribution < -0.4 is 5.32 Å². The minimum Gasteiger partial charge on any atom is -0.338 e. The molecule has 1 aliphatic rings. The van der Waals surface area contributed by atoms with Crippen LogP contribution in [-0.4, -0.2) is 41.7 Å². The highest BCUT2D eigenvalue weighted by atomic mass is 32.1. The summed E-state index contributed by atoms with van der Waals surface area (Å²) in [6.45, 7) is 2.42. The standard InChI is InChI=1S/C13H18F3N3OS/c1-9-18-11(8-21-9)4-5-17-12(20)19-6-2-3-10(7-19)13(14,15)16/h8,10H,2-7H2,1H3,(H,17,20). The normalized spacial score (nSPS) is 19.6. The Morgan fingerprint density at radius 3 is 2.95 bits per heavy atom. The second kappa shape index (κ2) is 6.64. The number of urea groups is 1. The zero-order valence-electron chi connectivity index (χ0n) is 11.7. The molecule has 1 N–H and O–H groups in total. The van der Waals surface area contributed by atoms with Crippen molar-refractivity contribution in [2.45, 2.75) is 32.4 Å². The van der Waals surface area contributed by atoms with Crippen molar-refractivity contribution in [3.63, 3.8) is 0 Å². The van der Waals surface area contributed by atoms with E-state index in [4.69, 9.17) is 0 Å². The number of likely N-dealkylation sites (tertiary alicyclic amines) is 1. The Bertz CT molecular complexity index is 489. The van der Waals surface area contributed by atoms with Crippen LogP contribution >= 0.6 is 11.3 Å². The van der Waals surface area contributed by atoms with E-state index in [9.17, 15) is 18.0 Å². The lowest BCUT2D eigenvalue weighted by Gasteiger charge is -2.33. The van der Waals surface area contributed by atoms with E-state index in [1.807, 2.05) is 12.3 Å². The Morgan fingerprint density at radius 2 is 2.33 bits per heavy atom. The molecule has 1 aliphatic heterocycles. The van der Waals surface area contributed by atoms with Crippen LogP contribution in [0.25, 0.3) is 0 Å². The van der Waals surface area contributed by atoms with E-state index in [-0.39, 0.29) is 13.0 Å². The topological polar surface area (TPSA) is 45.2 Å². The van der Waals surface area contributed by atoms with E-state index in [0.29, 0.717) is 25.9 Å². The molecule has 0 aromatic carbocycles. The fraction of sp³-hybridized carbons (Fsp3) is 0.692. The van der Waals surface area contributed by atoms with Crippen molar-refractivity contribution in [2.75, 3.05) is 19.6 Å². The maximum absolute atomic E-state index is 12.7. The van der Waals surface area contributed by atoms with Crippen LogP contribution in [0.1, 0.15) is 23.5 Å². The quantitative estimate of drug-likeness (QED) is 0.930. The number of amides is 2. The first kappa shape index (κ1) is 16.1. The van der Waals surface area contributed by atoms with Gasteiger partial charge in [-0.1, -0.05) is 0 Å². The summed E-state index contributed by atoms with van der Waals surface area (Å²) in [5, 5.41) is 5.54. The minimum absolute atomic E-state index is 0.103. The highest BCUT2D eigenvalue weighted by Crippen LogP contribution is 2.33. The number of hydrogen-bond donors (Lipinski definition) is 1. The maximum atomic E-state index is 12.7. The SMILES string of the molecule is Cc1nc(CCNC(=O)N2CCCC(C(F)(F)F)C2)cs1. The number of piperidine rings is 1. The van der Waals surface area contributed by atoms with Crippen LogP contribution in [0.4, 0.5) is 18.0 Å². The van der Waals surface area contributed by atoms with Crippen molar-refractivity contribution in [3.8, 4) is 0 Å². The monoisotopic (exact) mass is 321 g/mol. The lowest BCUT2D eigenvalue weighted by molar-refractivity contribution is -0.183. The van der Waals surface area contributed by atoms with Gasteiger partial charge in [0.2, 0.25) is 0 Å². The first-order valence-corrected chi connectivity index (χ1v) is 7.74. The first-order chi connectivity index (χ1) is 9.86. The zero-order valence-corrected chi connectivity index (χ0v) is 12.6. The second-order valence-corrected chi connectivity index (χ2v) is 6.23. The summed E-state index contributed by atoms with van der Waals surface area (Å²) in [5.74, 6) is -1.40. The van der Waals surface area contributed by atoms with Gasteiger partial charge in [0, 0.05) is 31.4 Å². The van der Waals surface area contributed by atoms with Crippen LogP contribution in [0.15, 0.2) is 5.38 Å². The van der Waals surface area contributed by atoms with Crippen LogP contribution in [0.5, 0.6) is 0 Å². The van der Waals surface area contributed by atoms with Crippen LogP contribution in [0.3, 0.4) is 0 Å². The van der Waals surface area contributed by atoms with Crippen molar-refractivity contribution >= 4 is 17.4 Å². The lowest BCUT2D eigenvalue weighted by Crippen LogP contribution is -2.48. The molecule has 118 valence electrons. The molecular weight excluding hydrogens is 303 g/mol. The Kier molecular flexibility index (Phi) is 5.08. The van der Waals surface area contributed by atoms with Gasteiger partial charge in [-0.2, -0.15) is 13.2 Å². The molecule has 0 saturated carbocycles. The van der Waals surface area contributed by atoms with Crippen LogP contribution in [0.2, 0.25) is 0 Å². The number of carbonyl (C=O) groups is 1. The van der Waals surface area contributed by atoms with Gasteiger partial charge in [-0.05, 0) is 19.8 Å². The highest BCUT2D eigenvalue weighted by molar-refractivity contribution is 7.09. The summed E-state index contributed by atoms with van der Waals surface area (Å²) in [6, 6.07) is -0.420. The fourth-order valence-electron chi connectivity index (χ4n) is 2.36. The predicted octanol–water partition coefficient (Wildman–Crippen LogP) is 2.98. The molecule has 1 unspecified atom stereocenters. The van der Waals surface area contributed by atoms with Gasteiger partial charge in [-0.15, -0.1) is 11.3 Å². The number of aryl methyl sites for hydroxylation is 1. The summed E-state index contributed by atoms with van der Waals surface area (Å²) in [7, 11) is 0. The molecule has 0 radical (unpaired) electrons. The van der Waals surface area contributed by atoms with Gasteiger partial charge in [-0.3, -0.25) is 0 Å². The summed E-state index contributed by atoms with van der Waals surface area (Å²) < 4.78 is 38.1. The molecule has 1 atom stereocenters. The maximum Gasteiger partial charge on any atom is 0.393 e. The number of halogens is 3. The molecule has 0 bridgehead atoms. The molecule has 1 fully saturated rings. The number of hydrogen-bond acceptors (Lipinski definition) is 3. The first-order valence-electron chi connectivity index (χ1n) is 6.87. The molecule has 1 aromatic rings. The van der Waals surface area contributed by atoms with E-state index in [1.165, 1.54) is 16.2 Å². The molecule has 4 nitrogen and oxygen atoms in total. The highest BCUT2D eigenvalue weighted by Gasteiger charge is 2.42. The number of rotatable bonds is 3. The lowest BCUT2D eigenvalue weighted by atomic mass is 9.98. The summed E-state index contributed by atoms with van der Waals surface area (Å²) in [6.07, 6.45) is -3.14. The van der Waals surface area contributed by atoms with Gasteiger partial charge in [0.25, 0.3) is 0 Å². The summed E-state index contributed by atoms with van der Waals surface area (Å²) in [5.41, 5.74) is 0.893. The number of carbonyl (C=O) groups excluding carboxylic acids is 1. The third-order valence-electron chi connectivity index (χ3n) is 3.50. The molecular formula is C13H18F3N3OS. The third-order valence-corrected chi connectivity index (χ3v) is 4.32. The Morgan fingerprint density at radius 1 is 1.57 bits per heavy atom. The van der Waals surface area contributed by atoms with E-state index in [1.54, 1.807) is 0 Å². The van der Waals surface area contributed by atoms with Gasteiger partial charge in [0.15, 0.2) is 0 Å². The van der Waals surface area contributed by atoms with Crippen molar-refractivity contribution in [1.29, 1.82) is 0 Å². The van der Waals surface area contributed by atoms with Gasteiger partial charge < -0.3 is 10.2 Å². The smallest absolute Gasteiger partial charge is 0.338 e. The molecule has 2 amide bonds. The van der Waals surface area contributed by atoms with Crippen molar-refractivity contribution < 1.29 is 18.0 Å². The van der Waals surface area contributed by atoms with Gasteiger partial charge in [-0.25, -0.2) is 9.78 Å².